The number of carbonyl (C=O) groups is 1. The van der Waals surface area contributed by atoms with Gasteiger partial charge >= 0.3 is 0 Å². The summed E-state index contributed by atoms with van der Waals surface area (Å²) in [6, 6.07) is 13.3. The predicted molar refractivity (Wildman–Crippen MR) is 84.8 cm³/mol. The molecule has 2 unspecified atom stereocenters. The highest BCUT2D eigenvalue weighted by molar-refractivity contribution is 5.85. The summed E-state index contributed by atoms with van der Waals surface area (Å²) in [5.41, 5.74) is 1.51. The van der Waals surface area contributed by atoms with Crippen LogP contribution < -0.4 is 4.74 Å². The van der Waals surface area contributed by atoms with Crippen LogP contribution in [0.4, 0.5) is 4.39 Å². The Kier molecular flexibility index (Phi) is 4.44. The SMILES string of the molecule is C[C@H](C(=O)CC1COc2ccccc2C1O)c1ccc(F)cc1. The number of aliphatic hydroxyl groups is 1. The average Bonchev–Trinajstić information content (AvgIpc) is 2.57. The standard InChI is InChI=1S/C19H19FO3/c1-12(13-6-8-15(20)9-7-13)17(21)10-14-11-23-18-5-3-2-4-16(18)19(14)22/h2-9,12,14,19,22H,10-11H2,1H3/t12-,14?,19?/m0/s1. The van der Waals surface area contributed by atoms with E-state index in [0.29, 0.717) is 12.4 Å². The van der Waals surface area contributed by atoms with E-state index in [1.807, 2.05) is 24.3 Å². The van der Waals surface area contributed by atoms with E-state index in [9.17, 15) is 14.3 Å². The van der Waals surface area contributed by atoms with Gasteiger partial charge in [0.15, 0.2) is 0 Å². The molecule has 1 aliphatic heterocycles. The van der Waals surface area contributed by atoms with E-state index in [1.165, 1.54) is 12.1 Å². The smallest absolute Gasteiger partial charge is 0.140 e. The van der Waals surface area contributed by atoms with Crippen LogP contribution in [-0.2, 0) is 4.79 Å². The van der Waals surface area contributed by atoms with Gasteiger partial charge in [0.2, 0.25) is 0 Å². The molecule has 0 fully saturated rings. The normalized spacial score (nSPS) is 21.2. The lowest BCUT2D eigenvalue weighted by Crippen LogP contribution is -2.29. The molecule has 0 saturated carbocycles. The summed E-state index contributed by atoms with van der Waals surface area (Å²) >= 11 is 0. The first-order chi connectivity index (χ1) is 11.1. The number of Topliss-reactive ketones (excluding diaryl/α,β-unsaturated/α-hetero) is 1. The zero-order valence-electron chi connectivity index (χ0n) is 12.9. The van der Waals surface area contributed by atoms with Gasteiger partial charge in [-0.3, -0.25) is 4.79 Å². The fraction of sp³-hybridized carbons (Fsp3) is 0.316. The molecule has 0 spiro atoms. The molecule has 2 aromatic carbocycles. The number of benzene rings is 2. The lowest BCUT2D eigenvalue weighted by Gasteiger charge is -2.30. The van der Waals surface area contributed by atoms with Crippen LogP contribution in [0.2, 0.25) is 0 Å². The molecule has 0 bridgehead atoms. The van der Waals surface area contributed by atoms with Crippen LogP contribution in [0, 0.1) is 11.7 Å². The van der Waals surface area contributed by atoms with E-state index in [1.54, 1.807) is 19.1 Å². The fourth-order valence-corrected chi connectivity index (χ4v) is 2.94. The Bertz CT molecular complexity index is 696. The predicted octanol–water partition coefficient (Wildman–Crippen LogP) is 3.63. The van der Waals surface area contributed by atoms with Crippen molar-refractivity contribution in [3.8, 4) is 5.75 Å². The third kappa shape index (κ3) is 3.27. The molecule has 0 aliphatic carbocycles. The molecule has 0 radical (unpaired) electrons. The molecule has 2 aromatic rings. The van der Waals surface area contributed by atoms with Crippen molar-refractivity contribution >= 4 is 5.78 Å². The summed E-state index contributed by atoms with van der Waals surface area (Å²) in [7, 11) is 0. The summed E-state index contributed by atoms with van der Waals surface area (Å²) in [6.07, 6.45) is -0.474. The molecule has 0 aromatic heterocycles. The number of para-hydroxylation sites is 1. The van der Waals surface area contributed by atoms with Gasteiger partial charge in [-0.05, 0) is 23.8 Å². The van der Waals surface area contributed by atoms with Crippen molar-refractivity contribution in [2.75, 3.05) is 6.61 Å². The van der Waals surface area contributed by atoms with Gasteiger partial charge in [0, 0.05) is 23.8 Å². The summed E-state index contributed by atoms with van der Waals surface area (Å²) in [5.74, 6) is -0.222. The number of ketones is 1. The molecule has 3 rings (SSSR count). The number of rotatable bonds is 4. The maximum Gasteiger partial charge on any atom is 0.140 e. The van der Waals surface area contributed by atoms with Crippen LogP contribution in [0.1, 0.15) is 36.5 Å². The van der Waals surface area contributed by atoms with Gasteiger partial charge in [0.05, 0.1) is 12.7 Å². The Morgan fingerprint density at radius 3 is 2.70 bits per heavy atom. The second-order valence-corrected chi connectivity index (χ2v) is 6.00. The second kappa shape index (κ2) is 6.50. The summed E-state index contributed by atoms with van der Waals surface area (Å²) in [4.78, 5) is 12.5. The first kappa shape index (κ1) is 15.7. The van der Waals surface area contributed by atoms with Crippen LogP contribution >= 0.6 is 0 Å². The van der Waals surface area contributed by atoms with E-state index in [2.05, 4.69) is 0 Å². The van der Waals surface area contributed by atoms with E-state index >= 15 is 0 Å². The molecular weight excluding hydrogens is 295 g/mol. The second-order valence-electron chi connectivity index (χ2n) is 6.00. The van der Waals surface area contributed by atoms with E-state index < -0.39 is 6.10 Å². The molecule has 120 valence electrons. The lowest BCUT2D eigenvalue weighted by molar-refractivity contribution is -0.122. The molecule has 4 heteroatoms. The van der Waals surface area contributed by atoms with Crippen molar-refractivity contribution in [2.45, 2.75) is 25.4 Å². The van der Waals surface area contributed by atoms with Gasteiger partial charge in [0.1, 0.15) is 17.3 Å². The largest absolute Gasteiger partial charge is 0.493 e. The number of hydrogen-bond acceptors (Lipinski definition) is 3. The van der Waals surface area contributed by atoms with Gasteiger partial charge in [-0.25, -0.2) is 4.39 Å². The third-order valence-corrected chi connectivity index (χ3v) is 4.45. The first-order valence-corrected chi connectivity index (χ1v) is 7.74. The fourth-order valence-electron chi connectivity index (χ4n) is 2.94. The maximum absolute atomic E-state index is 13.0. The summed E-state index contributed by atoms with van der Waals surface area (Å²) < 4.78 is 18.6. The number of aliphatic hydroxyl groups excluding tert-OH is 1. The Labute approximate surface area is 134 Å². The highest BCUT2D eigenvalue weighted by Gasteiger charge is 2.32. The molecule has 0 saturated heterocycles. The zero-order valence-corrected chi connectivity index (χ0v) is 12.9. The summed E-state index contributed by atoms with van der Waals surface area (Å²) in [6.45, 7) is 2.12. The van der Waals surface area contributed by atoms with Crippen LogP contribution in [0.25, 0.3) is 0 Å². The highest BCUT2D eigenvalue weighted by Crippen LogP contribution is 2.37. The zero-order chi connectivity index (χ0) is 16.4. The number of hydrogen-bond donors (Lipinski definition) is 1. The number of carbonyl (C=O) groups excluding carboxylic acids is 1. The first-order valence-electron chi connectivity index (χ1n) is 7.74. The minimum absolute atomic E-state index is 0.0173. The average molecular weight is 314 g/mol. The molecule has 1 heterocycles. The van der Waals surface area contributed by atoms with Crippen LogP contribution in [0.3, 0.4) is 0 Å². The topological polar surface area (TPSA) is 46.5 Å². The molecule has 23 heavy (non-hydrogen) atoms. The van der Waals surface area contributed by atoms with Crippen molar-refractivity contribution in [2.24, 2.45) is 5.92 Å². The Morgan fingerprint density at radius 2 is 1.96 bits per heavy atom. The van der Waals surface area contributed by atoms with Crippen molar-refractivity contribution in [1.29, 1.82) is 0 Å². The maximum atomic E-state index is 13.0. The van der Waals surface area contributed by atoms with Crippen LogP contribution in [-0.4, -0.2) is 17.5 Å². The van der Waals surface area contributed by atoms with Crippen LogP contribution in [0.5, 0.6) is 5.75 Å². The van der Waals surface area contributed by atoms with Crippen LogP contribution in [0.15, 0.2) is 48.5 Å². The van der Waals surface area contributed by atoms with Gasteiger partial charge in [-0.1, -0.05) is 37.3 Å². The monoisotopic (exact) mass is 314 g/mol. The third-order valence-electron chi connectivity index (χ3n) is 4.45. The molecular formula is C19H19FO3. The quantitative estimate of drug-likeness (QED) is 0.937. The van der Waals surface area contributed by atoms with E-state index in [0.717, 1.165) is 11.1 Å². The van der Waals surface area contributed by atoms with Crippen molar-refractivity contribution in [1.82, 2.24) is 0 Å². The van der Waals surface area contributed by atoms with Crippen molar-refractivity contribution in [3.05, 3.63) is 65.5 Å². The van der Waals surface area contributed by atoms with Gasteiger partial charge < -0.3 is 9.84 Å². The van der Waals surface area contributed by atoms with E-state index in [-0.39, 0.29) is 29.9 Å². The van der Waals surface area contributed by atoms with Gasteiger partial charge in [-0.15, -0.1) is 0 Å². The van der Waals surface area contributed by atoms with Crippen molar-refractivity contribution in [3.63, 3.8) is 0 Å². The molecule has 3 atom stereocenters. The molecule has 1 aliphatic rings. The van der Waals surface area contributed by atoms with E-state index in [4.69, 9.17) is 4.74 Å². The minimum atomic E-state index is -0.704. The molecule has 3 nitrogen and oxygen atoms in total. The number of fused-ring (bicyclic) bond motifs is 1. The molecule has 1 N–H and O–H groups in total. The van der Waals surface area contributed by atoms with Gasteiger partial charge in [0.25, 0.3) is 0 Å². The number of ether oxygens (including phenoxy) is 1. The lowest BCUT2D eigenvalue weighted by atomic mass is 9.85. The Balaban J connectivity index is 1.70. The molecule has 0 amide bonds. The number of halogens is 1. The highest BCUT2D eigenvalue weighted by atomic mass is 19.1. The summed E-state index contributed by atoms with van der Waals surface area (Å²) in [5, 5.41) is 10.5. The minimum Gasteiger partial charge on any atom is -0.493 e. The van der Waals surface area contributed by atoms with Crippen molar-refractivity contribution < 1.29 is 19.0 Å². The Hall–Kier alpha value is -2.20. The Morgan fingerprint density at radius 1 is 1.26 bits per heavy atom. The van der Waals surface area contributed by atoms with Gasteiger partial charge in [-0.2, -0.15) is 0 Å².